The monoisotopic (exact) mass is 1010 g/mol. The largest absolute Gasteiger partial charge is 0.472 e. The molecule has 1 heterocycles. The first-order chi connectivity index (χ1) is 33.2. The Morgan fingerprint density at radius 3 is 1.46 bits per heavy atom. The highest BCUT2D eigenvalue weighted by atomic mass is 31.2. The van der Waals surface area contributed by atoms with Crippen molar-refractivity contribution in [3.63, 3.8) is 0 Å². The Kier molecular flexibility index (Phi) is 34.7. The van der Waals surface area contributed by atoms with Crippen molar-refractivity contribution in [3.8, 4) is 0 Å². The summed E-state index contributed by atoms with van der Waals surface area (Å²) in [6.45, 7) is 2.20. The first-order valence-corrected chi connectivity index (χ1v) is 27.7. The number of aliphatic hydroxyl groups excluding tert-OH is 8. The Morgan fingerprint density at radius 2 is 0.957 bits per heavy atom. The number of hydrogen-bond donors (Lipinski definition) is 9. The van der Waals surface area contributed by atoms with E-state index in [-0.39, 0.29) is 12.8 Å². The van der Waals surface area contributed by atoms with E-state index >= 15 is 0 Å². The molecule has 9 N–H and O–H groups in total. The van der Waals surface area contributed by atoms with Crippen LogP contribution < -0.4 is 0 Å². The Bertz CT molecular complexity index is 1430. The van der Waals surface area contributed by atoms with Crippen molar-refractivity contribution < 1.29 is 87.9 Å². The van der Waals surface area contributed by atoms with Crippen LogP contribution in [0.25, 0.3) is 0 Å². The number of carbonyl (C=O) groups is 2. The molecule has 404 valence electrons. The smallest absolute Gasteiger partial charge is 0.462 e. The van der Waals surface area contributed by atoms with Crippen molar-refractivity contribution >= 4 is 19.8 Å². The van der Waals surface area contributed by atoms with Crippen LogP contribution in [0.5, 0.6) is 0 Å². The second kappa shape index (κ2) is 37.8. The second-order valence-corrected chi connectivity index (χ2v) is 20.1. The molecule has 0 aromatic heterocycles. The van der Waals surface area contributed by atoms with E-state index in [1.165, 1.54) is 70.6 Å². The number of carbonyl (C=O) groups excluding carboxylic acids is 2. The minimum absolute atomic E-state index is 0.0125. The molecule has 69 heavy (non-hydrogen) atoms. The van der Waals surface area contributed by atoms with Crippen molar-refractivity contribution in [2.24, 2.45) is 0 Å². The van der Waals surface area contributed by atoms with Gasteiger partial charge < -0.3 is 64.7 Å². The van der Waals surface area contributed by atoms with E-state index in [4.69, 9.17) is 28.0 Å². The standard InChI is InChI=1S/C50H91O18P/c1-3-5-7-9-11-13-15-17-19-21-22-24-26-28-30-32-39(52)63-35-37(65-40(53)33-31-29-27-25-23-20-18-16-14-12-10-8-6-4-2)36-64-69(61,62)68-49-46(59)44(57)43(56)45(58)48(49)67-50-47(60)42(55)41(54)38(34-51)66-50/h13,15,20,23,37-38,41-51,54-60H,3-12,14,16-19,21-22,24-36H2,1-2H3,(H,61,62)/b15-13-,23-20-. The molecule has 0 aromatic carbocycles. The normalized spacial score (nSPS) is 27.7. The van der Waals surface area contributed by atoms with Gasteiger partial charge in [-0.2, -0.15) is 0 Å². The van der Waals surface area contributed by atoms with Gasteiger partial charge in [0.05, 0.1) is 13.2 Å². The maximum atomic E-state index is 13.4. The third-order valence-electron chi connectivity index (χ3n) is 12.6. The van der Waals surface area contributed by atoms with Crippen LogP contribution in [-0.2, 0) is 42.1 Å². The van der Waals surface area contributed by atoms with E-state index in [0.717, 1.165) is 77.0 Å². The van der Waals surface area contributed by atoms with Crippen LogP contribution in [0.3, 0.4) is 0 Å². The number of phosphoric acid groups is 1. The zero-order chi connectivity index (χ0) is 50.9. The number of rotatable bonds is 40. The van der Waals surface area contributed by atoms with Gasteiger partial charge in [-0.05, 0) is 64.2 Å². The average molecular weight is 1010 g/mol. The SMILES string of the molecule is CCCCCC/C=C\CCCCCCCCCC(=O)OCC(COP(=O)(O)OC1C(O)C(O)C(O)C(O)C1OC1OC(CO)C(O)C(O)C1O)OC(=O)CCCCC/C=C\CCCCCCCCC. The molecular formula is C50H91O18P. The molecule has 19 heteroatoms. The van der Waals surface area contributed by atoms with Crippen molar-refractivity contribution in [3.05, 3.63) is 24.3 Å². The van der Waals surface area contributed by atoms with Crippen LogP contribution in [0.15, 0.2) is 24.3 Å². The van der Waals surface area contributed by atoms with Crippen LogP contribution in [0.1, 0.15) is 187 Å². The molecule has 0 aromatic rings. The Labute approximate surface area is 411 Å². The summed E-state index contributed by atoms with van der Waals surface area (Å²) in [6.07, 6.45) is 12.6. The van der Waals surface area contributed by atoms with Gasteiger partial charge >= 0.3 is 19.8 Å². The highest BCUT2D eigenvalue weighted by Gasteiger charge is 2.55. The van der Waals surface area contributed by atoms with Gasteiger partial charge in [-0.3, -0.25) is 18.6 Å². The van der Waals surface area contributed by atoms with Gasteiger partial charge in [0.1, 0.15) is 67.6 Å². The fraction of sp³-hybridized carbons (Fsp3) is 0.880. The number of hydrogen-bond acceptors (Lipinski definition) is 17. The molecular weight excluding hydrogens is 920 g/mol. The molecule has 13 atom stereocenters. The summed E-state index contributed by atoms with van der Waals surface area (Å²) in [5, 5.41) is 83.0. The highest BCUT2D eigenvalue weighted by molar-refractivity contribution is 7.47. The number of esters is 2. The Morgan fingerprint density at radius 1 is 0.536 bits per heavy atom. The molecule has 2 rings (SSSR count). The molecule has 1 aliphatic heterocycles. The van der Waals surface area contributed by atoms with E-state index in [9.17, 15) is 59.9 Å². The maximum Gasteiger partial charge on any atom is 0.472 e. The zero-order valence-corrected chi connectivity index (χ0v) is 42.5. The third-order valence-corrected chi connectivity index (χ3v) is 13.6. The van der Waals surface area contributed by atoms with Crippen molar-refractivity contribution in [2.45, 2.75) is 261 Å². The quantitative estimate of drug-likeness (QED) is 0.0141. The number of allylic oxidation sites excluding steroid dienone is 4. The lowest BCUT2D eigenvalue weighted by Gasteiger charge is -2.47. The molecule has 1 saturated heterocycles. The van der Waals surface area contributed by atoms with Crippen molar-refractivity contribution in [1.29, 1.82) is 0 Å². The summed E-state index contributed by atoms with van der Waals surface area (Å²) in [7, 11) is -5.38. The fourth-order valence-electron chi connectivity index (χ4n) is 8.28. The van der Waals surface area contributed by atoms with Gasteiger partial charge in [0.25, 0.3) is 0 Å². The topological polar surface area (TPSA) is 289 Å². The molecule has 0 amide bonds. The summed E-state index contributed by atoms with van der Waals surface area (Å²) < 4.78 is 45.5. The highest BCUT2D eigenvalue weighted by Crippen LogP contribution is 2.48. The lowest BCUT2D eigenvalue weighted by atomic mass is 9.84. The zero-order valence-electron chi connectivity index (χ0n) is 41.6. The molecule has 18 nitrogen and oxygen atoms in total. The van der Waals surface area contributed by atoms with Crippen LogP contribution in [0.2, 0.25) is 0 Å². The minimum Gasteiger partial charge on any atom is -0.462 e. The van der Waals surface area contributed by atoms with E-state index in [1.807, 2.05) is 0 Å². The lowest BCUT2D eigenvalue weighted by molar-refractivity contribution is -0.338. The van der Waals surface area contributed by atoms with Crippen molar-refractivity contribution in [2.75, 3.05) is 19.8 Å². The van der Waals surface area contributed by atoms with Gasteiger partial charge in [-0.15, -0.1) is 0 Å². The van der Waals surface area contributed by atoms with E-state index in [1.54, 1.807) is 0 Å². The van der Waals surface area contributed by atoms with Crippen molar-refractivity contribution in [1.82, 2.24) is 0 Å². The number of unbranched alkanes of at least 4 members (excludes halogenated alkanes) is 21. The first-order valence-electron chi connectivity index (χ1n) is 26.2. The molecule has 2 aliphatic rings. The first kappa shape index (κ1) is 63.2. The maximum absolute atomic E-state index is 13.4. The van der Waals surface area contributed by atoms with Gasteiger partial charge in [0.2, 0.25) is 0 Å². The van der Waals surface area contributed by atoms with Gasteiger partial charge in [0.15, 0.2) is 12.4 Å². The molecule has 2 fully saturated rings. The molecule has 13 unspecified atom stereocenters. The molecule has 0 radical (unpaired) electrons. The van der Waals surface area contributed by atoms with E-state index < -0.39 is 113 Å². The minimum atomic E-state index is -5.38. The van der Waals surface area contributed by atoms with E-state index in [0.29, 0.717) is 12.8 Å². The Hall–Kier alpha value is -1.87. The molecule has 1 aliphatic carbocycles. The van der Waals surface area contributed by atoms with Crippen LogP contribution >= 0.6 is 7.82 Å². The van der Waals surface area contributed by atoms with Gasteiger partial charge in [0, 0.05) is 12.8 Å². The predicted octanol–water partition coefficient (Wildman–Crippen LogP) is 6.27. The number of aliphatic hydroxyl groups is 8. The molecule has 0 spiro atoms. The summed E-state index contributed by atoms with van der Waals surface area (Å²) in [5.41, 5.74) is 0. The van der Waals surface area contributed by atoms with Crippen LogP contribution in [0, 0.1) is 0 Å². The summed E-state index contributed by atoms with van der Waals surface area (Å²) in [4.78, 5) is 36.6. The molecule has 1 saturated carbocycles. The van der Waals surface area contributed by atoms with Gasteiger partial charge in [-0.25, -0.2) is 4.57 Å². The lowest BCUT2D eigenvalue weighted by Crippen LogP contribution is -2.67. The van der Waals surface area contributed by atoms with Crippen LogP contribution in [0.4, 0.5) is 0 Å². The fourth-order valence-corrected chi connectivity index (χ4v) is 9.25. The average Bonchev–Trinajstić information content (AvgIpc) is 3.33. The van der Waals surface area contributed by atoms with E-state index in [2.05, 4.69) is 38.2 Å². The second-order valence-electron chi connectivity index (χ2n) is 18.7. The summed E-state index contributed by atoms with van der Waals surface area (Å²) in [6, 6.07) is 0. The summed E-state index contributed by atoms with van der Waals surface area (Å²) in [5.74, 6) is -1.24. The summed E-state index contributed by atoms with van der Waals surface area (Å²) >= 11 is 0. The Balaban J connectivity index is 1.94. The molecule has 0 bridgehead atoms. The number of phosphoric ester groups is 1. The third kappa shape index (κ3) is 26.6. The number of ether oxygens (including phenoxy) is 4. The van der Waals surface area contributed by atoms with Gasteiger partial charge in [-0.1, -0.05) is 134 Å². The van der Waals surface area contributed by atoms with Crippen LogP contribution in [-0.4, -0.2) is 151 Å². The predicted molar refractivity (Wildman–Crippen MR) is 258 cm³/mol.